The van der Waals surface area contributed by atoms with Gasteiger partial charge in [-0.3, -0.25) is 4.79 Å². The van der Waals surface area contributed by atoms with Crippen LogP contribution in [0.1, 0.15) is 25.5 Å². The molecule has 0 saturated carbocycles. The molecule has 0 spiro atoms. The number of rotatable bonds is 8. The second kappa shape index (κ2) is 10.4. The van der Waals surface area contributed by atoms with E-state index < -0.39 is 0 Å². The largest absolute Gasteiger partial charge is 0.493 e. The molecular weight excluding hydrogens is 428 g/mol. The highest BCUT2D eigenvalue weighted by Crippen LogP contribution is 2.34. The molecule has 0 unspecified atom stereocenters. The highest BCUT2D eigenvalue weighted by molar-refractivity contribution is 7.13. The Bertz CT molecular complexity index is 1040. The Morgan fingerprint density at radius 1 is 1.19 bits per heavy atom. The molecule has 1 aromatic carbocycles. The molecule has 1 aliphatic rings. The molecule has 0 aliphatic carbocycles. The first-order valence-electron chi connectivity index (χ1n) is 10.6. The lowest BCUT2D eigenvalue weighted by Crippen LogP contribution is -2.37. The highest BCUT2D eigenvalue weighted by Gasteiger charge is 2.27. The van der Waals surface area contributed by atoms with E-state index in [9.17, 15) is 4.79 Å². The van der Waals surface area contributed by atoms with Crippen molar-refractivity contribution in [3.63, 3.8) is 0 Å². The van der Waals surface area contributed by atoms with Crippen molar-refractivity contribution in [1.29, 1.82) is 0 Å². The smallest absolute Gasteiger partial charge is 0.309 e. The van der Waals surface area contributed by atoms with E-state index in [1.165, 1.54) is 11.3 Å². The van der Waals surface area contributed by atoms with Gasteiger partial charge in [0.2, 0.25) is 5.95 Å². The molecule has 9 heteroatoms. The summed E-state index contributed by atoms with van der Waals surface area (Å²) in [6.07, 6.45) is 4.92. The van der Waals surface area contributed by atoms with Crippen LogP contribution in [0.25, 0.3) is 10.6 Å². The van der Waals surface area contributed by atoms with Crippen molar-refractivity contribution < 1.29 is 19.0 Å². The maximum absolute atomic E-state index is 12.5. The van der Waals surface area contributed by atoms with E-state index in [1.54, 1.807) is 25.6 Å². The summed E-state index contributed by atoms with van der Waals surface area (Å²) in [5, 5.41) is 2.76. The van der Waals surface area contributed by atoms with Crippen LogP contribution in [-0.2, 0) is 16.1 Å². The van der Waals surface area contributed by atoms with E-state index in [0.29, 0.717) is 24.1 Å². The number of ether oxygens (including phenoxy) is 3. The van der Waals surface area contributed by atoms with Crippen molar-refractivity contribution in [1.82, 2.24) is 15.0 Å². The van der Waals surface area contributed by atoms with Gasteiger partial charge in [-0.05, 0) is 44.0 Å². The van der Waals surface area contributed by atoms with E-state index in [-0.39, 0.29) is 18.5 Å². The number of benzene rings is 1. The van der Waals surface area contributed by atoms with Crippen molar-refractivity contribution in [2.75, 3.05) is 31.7 Å². The van der Waals surface area contributed by atoms with Crippen molar-refractivity contribution in [3.8, 4) is 22.1 Å². The van der Waals surface area contributed by atoms with Crippen LogP contribution in [0, 0.1) is 5.92 Å². The van der Waals surface area contributed by atoms with E-state index in [0.717, 1.165) is 42.2 Å². The van der Waals surface area contributed by atoms with Crippen molar-refractivity contribution in [2.45, 2.75) is 26.4 Å². The molecule has 8 nitrogen and oxygen atoms in total. The molecule has 32 heavy (non-hydrogen) atoms. The predicted molar refractivity (Wildman–Crippen MR) is 122 cm³/mol. The first-order valence-corrected chi connectivity index (χ1v) is 11.5. The summed E-state index contributed by atoms with van der Waals surface area (Å²) in [4.78, 5) is 27.8. The molecular formula is C23H26N4O4S. The molecule has 0 radical (unpaired) electrons. The van der Waals surface area contributed by atoms with E-state index >= 15 is 0 Å². The van der Waals surface area contributed by atoms with Gasteiger partial charge in [-0.2, -0.15) is 0 Å². The molecule has 3 aromatic rings. The molecule has 168 valence electrons. The Hall–Kier alpha value is -3.20. The fourth-order valence-corrected chi connectivity index (χ4v) is 4.42. The van der Waals surface area contributed by atoms with Crippen molar-refractivity contribution in [3.05, 3.63) is 47.7 Å². The summed E-state index contributed by atoms with van der Waals surface area (Å²) < 4.78 is 16.6. The summed E-state index contributed by atoms with van der Waals surface area (Å²) in [6.45, 7) is 4.16. The molecule has 1 saturated heterocycles. The SMILES string of the molecule is CCOc1ccc(-c2nc(COC(=O)C3CCN(c4ncccn4)CC3)cs2)cc1OC. The number of aromatic nitrogens is 3. The fourth-order valence-electron chi connectivity index (χ4n) is 3.61. The number of methoxy groups -OCH3 is 1. The summed E-state index contributed by atoms with van der Waals surface area (Å²) in [5.74, 6) is 1.80. The number of nitrogens with zero attached hydrogens (tertiary/aromatic N) is 4. The van der Waals surface area contributed by atoms with Crippen LogP contribution in [0.4, 0.5) is 5.95 Å². The Labute approximate surface area is 191 Å². The number of carbonyl (C=O) groups excluding carboxylic acids is 1. The predicted octanol–water partition coefficient (Wildman–Crippen LogP) is 3.97. The first kappa shape index (κ1) is 22.0. The van der Waals surface area contributed by atoms with Crippen molar-refractivity contribution in [2.24, 2.45) is 5.92 Å². The molecule has 4 rings (SSSR count). The fraction of sp³-hybridized carbons (Fsp3) is 0.391. The van der Waals surface area contributed by atoms with Crippen LogP contribution in [0.5, 0.6) is 11.5 Å². The molecule has 0 bridgehead atoms. The van der Waals surface area contributed by atoms with Gasteiger partial charge in [-0.1, -0.05) is 0 Å². The third-order valence-corrected chi connectivity index (χ3v) is 6.23. The quantitative estimate of drug-likeness (QED) is 0.473. The van der Waals surface area contributed by atoms with Gasteiger partial charge in [0.15, 0.2) is 11.5 Å². The van der Waals surface area contributed by atoms with Gasteiger partial charge in [-0.15, -0.1) is 11.3 Å². The average Bonchev–Trinajstić information content (AvgIpc) is 3.33. The maximum Gasteiger partial charge on any atom is 0.309 e. The topological polar surface area (TPSA) is 86.7 Å². The van der Waals surface area contributed by atoms with Crippen molar-refractivity contribution >= 4 is 23.3 Å². The lowest BCUT2D eigenvalue weighted by Gasteiger charge is -2.30. The molecule has 1 fully saturated rings. The van der Waals surface area contributed by atoms with Crippen LogP contribution in [0.3, 0.4) is 0 Å². The monoisotopic (exact) mass is 454 g/mol. The Kier molecular flexibility index (Phi) is 7.16. The molecule has 0 amide bonds. The number of piperidine rings is 1. The molecule has 0 atom stereocenters. The number of hydrogen-bond acceptors (Lipinski definition) is 9. The average molecular weight is 455 g/mol. The Morgan fingerprint density at radius 2 is 1.97 bits per heavy atom. The number of thiazole rings is 1. The zero-order valence-corrected chi connectivity index (χ0v) is 19.0. The van der Waals surface area contributed by atoms with Gasteiger partial charge in [0.1, 0.15) is 11.6 Å². The van der Waals surface area contributed by atoms with Gasteiger partial charge in [0, 0.05) is 36.4 Å². The first-order chi connectivity index (χ1) is 15.7. The summed E-state index contributed by atoms with van der Waals surface area (Å²) in [6, 6.07) is 7.53. The van der Waals surface area contributed by atoms with Crippen LogP contribution in [-0.4, -0.2) is 47.7 Å². The van der Waals surface area contributed by atoms with Crippen LogP contribution in [0.2, 0.25) is 0 Å². The lowest BCUT2D eigenvalue weighted by molar-refractivity contribution is -0.150. The van der Waals surface area contributed by atoms with Crippen LogP contribution < -0.4 is 14.4 Å². The van der Waals surface area contributed by atoms with Crippen LogP contribution in [0.15, 0.2) is 42.0 Å². The number of carbonyl (C=O) groups is 1. The summed E-state index contributed by atoms with van der Waals surface area (Å²) in [7, 11) is 1.62. The standard InChI is InChI=1S/C23H26N4O4S/c1-3-30-19-6-5-17(13-20(19)29-2)21-26-18(15-32-21)14-31-22(28)16-7-11-27(12-8-16)23-24-9-4-10-25-23/h4-6,9-10,13,15-16H,3,7-8,11-12,14H2,1-2H3. The van der Waals surface area contributed by atoms with Crippen LogP contribution >= 0.6 is 11.3 Å². The second-order valence-electron chi connectivity index (χ2n) is 7.36. The number of hydrogen-bond donors (Lipinski definition) is 0. The van der Waals surface area contributed by atoms with Gasteiger partial charge >= 0.3 is 5.97 Å². The minimum Gasteiger partial charge on any atom is -0.493 e. The van der Waals surface area contributed by atoms with Gasteiger partial charge in [-0.25, -0.2) is 15.0 Å². The van der Waals surface area contributed by atoms with Gasteiger partial charge in [0.05, 0.1) is 25.3 Å². The lowest BCUT2D eigenvalue weighted by atomic mass is 9.97. The summed E-state index contributed by atoms with van der Waals surface area (Å²) in [5.41, 5.74) is 1.67. The maximum atomic E-state index is 12.5. The number of anilines is 1. The zero-order valence-electron chi connectivity index (χ0n) is 18.2. The minimum atomic E-state index is -0.170. The van der Waals surface area contributed by atoms with E-state index in [2.05, 4.69) is 19.9 Å². The second-order valence-corrected chi connectivity index (χ2v) is 8.22. The highest BCUT2D eigenvalue weighted by atomic mass is 32.1. The Morgan fingerprint density at radius 3 is 2.69 bits per heavy atom. The third-order valence-electron chi connectivity index (χ3n) is 5.29. The van der Waals surface area contributed by atoms with E-state index in [4.69, 9.17) is 14.2 Å². The molecule has 0 N–H and O–H groups in total. The number of esters is 1. The summed E-state index contributed by atoms with van der Waals surface area (Å²) >= 11 is 1.51. The minimum absolute atomic E-state index is 0.108. The Balaban J connectivity index is 1.30. The molecule has 3 heterocycles. The van der Waals surface area contributed by atoms with Gasteiger partial charge < -0.3 is 19.1 Å². The zero-order chi connectivity index (χ0) is 22.3. The third kappa shape index (κ3) is 5.16. The van der Waals surface area contributed by atoms with E-state index in [1.807, 2.05) is 30.5 Å². The normalized spacial score (nSPS) is 14.2. The molecule has 2 aromatic heterocycles. The van der Waals surface area contributed by atoms with Gasteiger partial charge in [0.25, 0.3) is 0 Å². The molecule has 1 aliphatic heterocycles.